The Labute approximate surface area is 145 Å². The minimum atomic E-state index is -0.522. The van der Waals surface area contributed by atoms with Crippen LogP contribution in [0.25, 0.3) is 0 Å². The Balaban J connectivity index is 2.08. The van der Waals surface area contributed by atoms with Gasteiger partial charge >= 0.3 is 0 Å². The van der Waals surface area contributed by atoms with Crippen LogP contribution in [0.3, 0.4) is 0 Å². The molecule has 0 aromatic heterocycles. The second-order valence-electron chi connectivity index (χ2n) is 5.20. The topological polar surface area (TPSA) is 70.7 Å². The fourth-order valence-corrected chi connectivity index (χ4v) is 2.21. The molecule has 7 heteroatoms. The van der Waals surface area contributed by atoms with Crippen LogP contribution in [-0.4, -0.2) is 33.0 Å². The number of halogens is 1. The maximum Gasteiger partial charge on any atom is 0.273 e. The number of ether oxygens (including phenoxy) is 1. The van der Waals surface area contributed by atoms with E-state index in [1.165, 1.54) is 13.2 Å². The lowest BCUT2D eigenvalue weighted by Crippen LogP contribution is -2.41. The molecule has 2 N–H and O–H groups in total. The molecule has 0 aliphatic carbocycles. The average molecular weight is 348 g/mol. The van der Waals surface area contributed by atoms with Crippen molar-refractivity contribution in [3.8, 4) is 5.75 Å². The molecule has 0 aliphatic heterocycles. The van der Waals surface area contributed by atoms with Crippen molar-refractivity contribution < 1.29 is 14.3 Å². The quantitative estimate of drug-likeness (QED) is 0.834. The first-order chi connectivity index (χ1) is 11.4. The van der Waals surface area contributed by atoms with Crippen molar-refractivity contribution >= 4 is 29.1 Å². The van der Waals surface area contributed by atoms with Crippen LogP contribution in [0.4, 0.5) is 5.69 Å². The third kappa shape index (κ3) is 4.17. The molecule has 0 saturated carbocycles. The highest BCUT2D eigenvalue weighted by atomic mass is 35.5. The van der Waals surface area contributed by atoms with E-state index in [-0.39, 0.29) is 5.56 Å². The van der Waals surface area contributed by atoms with Gasteiger partial charge in [-0.2, -0.15) is 0 Å². The first-order valence-corrected chi connectivity index (χ1v) is 7.52. The first-order valence-electron chi connectivity index (χ1n) is 7.14. The van der Waals surface area contributed by atoms with Gasteiger partial charge in [0.1, 0.15) is 5.75 Å². The summed E-state index contributed by atoms with van der Waals surface area (Å²) in [6, 6.07) is 11.7. The smallest absolute Gasteiger partial charge is 0.273 e. The van der Waals surface area contributed by atoms with E-state index in [1.807, 2.05) is 25.1 Å². The van der Waals surface area contributed by atoms with Crippen LogP contribution in [0, 0.1) is 0 Å². The molecule has 0 radical (unpaired) electrons. The van der Waals surface area contributed by atoms with Crippen LogP contribution >= 0.6 is 11.6 Å². The summed E-state index contributed by atoms with van der Waals surface area (Å²) in [5.41, 5.74) is 6.27. The summed E-state index contributed by atoms with van der Waals surface area (Å²) in [6.45, 7) is 0. The lowest BCUT2D eigenvalue weighted by Gasteiger charge is -2.14. The molecule has 0 spiro atoms. The lowest BCUT2D eigenvalue weighted by molar-refractivity contribution is 0.0845. The summed E-state index contributed by atoms with van der Waals surface area (Å²) in [6.07, 6.45) is 0. The van der Waals surface area contributed by atoms with Gasteiger partial charge in [0.05, 0.1) is 12.7 Å². The van der Waals surface area contributed by atoms with Crippen molar-refractivity contribution in [2.45, 2.75) is 0 Å². The number of anilines is 1. The van der Waals surface area contributed by atoms with Gasteiger partial charge in [0, 0.05) is 30.4 Å². The van der Waals surface area contributed by atoms with Crippen LogP contribution in [0.2, 0.25) is 5.02 Å². The summed E-state index contributed by atoms with van der Waals surface area (Å²) < 4.78 is 5.12. The van der Waals surface area contributed by atoms with Gasteiger partial charge in [-0.05, 0) is 36.4 Å². The normalized spacial score (nSPS) is 10.0. The fraction of sp³-hybridized carbons (Fsp3) is 0.176. The van der Waals surface area contributed by atoms with Gasteiger partial charge in [0.2, 0.25) is 0 Å². The van der Waals surface area contributed by atoms with E-state index >= 15 is 0 Å². The van der Waals surface area contributed by atoms with Gasteiger partial charge in [-0.1, -0.05) is 17.7 Å². The van der Waals surface area contributed by atoms with Gasteiger partial charge in [0.25, 0.3) is 11.8 Å². The molecule has 0 heterocycles. The highest BCUT2D eigenvalue weighted by Crippen LogP contribution is 2.22. The van der Waals surface area contributed by atoms with Gasteiger partial charge in [-0.15, -0.1) is 0 Å². The number of carbonyl (C=O) groups is 2. The van der Waals surface area contributed by atoms with Crippen molar-refractivity contribution in [3.05, 3.63) is 58.6 Å². The predicted molar refractivity (Wildman–Crippen MR) is 93.7 cm³/mol. The molecule has 2 aromatic rings. The number of nitrogens with zero attached hydrogens (tertiary/aromatic N) is 1. The van der Waals surface area contributed by atoms with E-state index in [1.54, 1.807) is 30.3 Å². The van der Waals surface area contributed by atoms with Crippen molar-refractivity contribution in [2.24, 2.45) is 0 Å². The number of methoxy groups -OCH3 is 1. The maximum atomic E-state index is 12.2. The number of nitrogens with one attached hydrogen (secondary N) is 2. The van der Waals surface area contributed by atoms with Crippen LogP contribution in [-0.2, 0) is 0 Å². The third-order valence-corrected chi connectivity index (χ3v) is 3.56. The van der Waals surface area contributed by atoms with Gasteiger partial charge < -0.3 is 9.64 Å². The Bertz CT molecular complexity index is 762. The summed E-state index contributed by atoms with van der Waals surface area (Å²) in [5, 5.41) is 0.394. The standard InChI is InChI=1S/C17H18ClN3O3/c1-21(2)13-6-4-5-11(9-13)16(22)19-20-17(23)14-10-12(18)7-8-15(14)24-3/h4-10H,1-3H3,(H,19,22)(H,20,23). The molecule has 0 aliphatic rings. The zero-order valence-corrected chi connectivity index (χ0v) is 14.3. The number of hydrogen-bond donors (Lipinski definition) is 2. The zero-order valence-electron chi connectivity index (χ0n) is 13.6. The van der Waals surface area contributed by atoms with Gasteiger partial charge in [0.15, 0.2) is 0 Å². The maximum absolute atomic E-state index is 12.2. The molecule has 0 saturated heterocycles. The second kappa shape index (κ2) is 7.70. The Morgan fingerprint density at radius 3 is 2.42 bits per heavy atom. The lowest BCUT2D eigenvalue weighted by atomic mass is 10.2. The van der Waals surface area contributed by atoms with E-state index in [0.717, 1.165) is 5.69 Å². The molecule has 0 bridgehead atoms. The minimum absolute atomic E-state index is 0.229. The van der Waals surface area contributed by atoms with E-state index in [2.05, 4.69) is 10.9 Å². The summed E-state index contributed by atoms with van der Waals surface area (Å²) in [7, 11) is 5.21. The van der Waals surface area contributed by atoms with Crippen LogP contribution in [0.5, 0.6) is 5.75 Å². The SMILES string of the molecule is COc1ccc(Cl)cc1C(=O)NNC(=O)c1cccc(N(C)C)c1. The Kier molecular flexibility index (Phi) is 5.65. The Hall–Kier alpha value is -2.73. The monoisotopic (exact) mass is 347 g/mol. The highest BCUT2D eigenvalue weighted by Gasteiger charge is 2.14. The highest BCUT2D eigenvalue weighted by molar-refractivity contribution is 6.31. The van der Waals surface area contributed by atoms with Crippen molar-refractivity contribution in [3.63, 3.8) is 0 Å². The zero-order chi connectivity index (χ0) is 17.7. The molecule has 0 fully saturated rings. The molecule has 0 unspecified atom stereocenters. The summed E-state index contributed by atoms with van der Waals surface area (Å²) >= 11 is 5.90. The molecule has 2 rings (SSSR count). The van der Waals surface area contributed by atoms with Crippen molar-refractivity contribution in [1.29, 1.82) is 0 Å². The predicted octanol–water partition coefficient (Wildman–Crippen LogP) is 2.49. The van der Waals surface area contributed by atoms with E-state index in [0.29, 0.717) is 16.3 Å². The first kappa shape index (κ1) is 17.6. The molecule has 2 aromatic carbocycles. The number of amides is 2. The molecule has 126 valence electrons. The molecule has 2 amide bonds. The van der Waals surface area contributed by atoms with Crippen LogP contribution < -0.4 is 20.5 Å². The fourth-order valence-electron chi connectivity index (χ4n) is 2.04. The third-order valence-electron chi connectivity index (χ3n) is 3.32. The summed E-state index contributed by atoms with van der Waals surface area (Å²) in [5.74, 6) is -0.583. The van der Waals surface area contributed by atoms with Crippen LogP contribution in [0.15, 0.2) is 42.5 Å². The number of hydrogen-bond acceptors (Lipinski definition) is 4. The molecule has 24 heavy (non-hydrogen) atoms. The Morgan fingerprint density at radius 1 is 1.04 bits per heavy atom. The van der Waals surface area contributed by atoms with E-state index < -0.39 is 11.8 Å². The van der Waals surface area contributed by atoms with Crippen molar-refractivity contribution in [2.75, 3.05) is 26.1 Å². The molecule has 6 nitrogen and oxygen atoms in total. The number of carbonyl (C=O) groups excluding carboxylic acids is 2. The summed E-state index contributed by atoms with van der Waals surface area (Å²) in [4.78, 5) is 26.3. The number of benzene rings is 2. The van der Waals surface area contributed by atoms with Gasteiger partial charge in [-0.3, -0.25) is 20.4 Å². The average Bonchev–Trinajstić information content (AvgIpc) is 2.59. The van der Waals surface area contributed by atoms with Crippen LogP contribution in [0.1, 0.15) is 20.7 Å². The second-order valence-corrected chi connectivity index (χ2v) is 5.63. The van der Waals surface area contributed by atoms with Crippen molar-refractivity contribution in [1.82, 2.24) is 10.9 Å². The molecule has 0 atom stereocenters. The Morgan fingerprint density at radius 2 is 1.75 bits per heavy atom. The molecular weight excluding hydrogens is 330 g/mol. The molecular formula is C17H18ClN3O3. The van der Waals surface area contributed by atoms with Gasteiger partial charge in [-0.25, -0.2) is 0 Å². The number of rotatable bonds is 4. The van der Waals surface area contributed by atoms with E-state index in [4.69, 9.17) is 16.3 Å². The van der Waals surface area contributed by atoms with E-state index in [9.17, 15) is 9.59 Å². The number of hydrazine groups is 1. The largest absolute Gasteiger partial charge is 0.496 e. The minimum Gasteiger partial charge on any atom is -0.496 e.